The van der Waals surface area contributed by atoms with E-state index in [2.05, 4.69) is 9.46 Å². The third-order valence-corrected chi connectivity index (χ3v) is 3.45. The second kappa shape index (κ2) is 9.06. The van der Waals surface area contributed by atoms with Gasteiger partial charge in [-0.1, -0.05) is 30.3 Å². The van der Waals surface area contributed by atoms with Crippen molar-refractivity contribution in [2.24, 2.45) is 0 Å². The van der Waals surface area contributed by atoms with Gasteiger partial charge in [-0.05, 0) is 12.0 Å². The molecular formula is C15H19NO6S. The number of carbonyl (C=O) groups excluding carboxylic acids is 2. The largest absolute Gasteiger partial charge is 0.466 e. The van der Waals surface area contributed by atoms with Crippen LogP contribution in [0, 0.1) is 0 Å². The van der Waals surface area contributed by atoms with Crippen LogP contribution >= 0.6 is 0 Å². The Hall–Kier alpha value is -2.19. The van der Waals surface area contributed by atoms with Crippen molar-refractivity contribution in [1.29, 1.82) is 0 Å². The number of esters is 2. The lowest BCUT2D eigenvalue weighted by Gasteiger charge is -2.17. The molecule has 0 aliphatic heterocycles. The molecule has 0 aliphatic rings. The number of hydrogen-bond donors (Lipinski definition) is 1. The highest BCUT2D eigenvalue weighted by Crippen LogP contribution is 2.05. The van der Waals surface area contributed by atoms with Crippen LogP contribution < -0.4 is 4.72 Å². The lowest BCUT2D eigenvalue weighted by molar-refractivity contribution is -0.139. The molecule has 0 bridgehead atoms. The maximum absolute atomic E-state index is 11.5. The zero-order valence-corrected chi connectivity index (χ0v) is 13.7. The van der Waals surface area contributed by atoms with E-state index in [1.807, 2.05) is 30.3 Å². The SMILES string of the molecule is COC(=O)/C=C/C(=O)OCC(Cc1ccccc1)NS(C)(=O)=O. The van der Waals surface area contributed by atoms with Crippen molar-refractivity contribution in [2.75, 3.05) is 20.0 Å². The van der Waals surface area contributed by atoms with Gasteiger partial charge in [0.25, 0.3) is 0 Å². The first-order valence-electron chi connectivity index (χ1n) is 6.74. The van der Waals surface area contributed by atoms with Crippen molar-refractivity contribution in [3.05, 3.63) is 48.0 Å². The van der Waals surface area contributed by atoms with Crippen molar-refractivity contribution in [3.8, 4) is 0 Å². The molecule has 126 valence electrons. The average Bonchev–Trinajstić information content (AvgIpc) is 2.49. The van der Waals surface area contributed by atoms with Crippen LogP contribution in [0.25, 0.3) is 0 Å². The molecule has 1 rings (SSSR count). The Kier molecular flexibility index (Phi) is 7.43. The molecule has 1 aromatic rings. The van der Waals surface area contributed by atoms with Crippen molar-refractivity contribution in [1.82, 2.24) is 4.72 Å². The standard InChI is InChI=1S/C15H19NO6S/c1-21-14(17)8-9-15(18)22-11-13(16-23(2,19)20)10-12-6-4-3-5-7-12/h3-9,13,16H,10-11H2,1-2H3/b9-8+. The fraction of sp³-hybridized carbons (Fsp3) is 0.333. The predicted molar refractivity (Wildman–Crippen MR) is 84.0 cm³/mol. The van der Waals surface area contributed by atoms with E-state index in [9.17, 15) is 18.0 Å². The molecule has 0 heterocycles. The number of sulfonamides is 1. The van der Waals surface area contributed by atoms with E-state index in [0.717, 1.165) is 24.0 Å². The zero-order chi connectivity index (χ0) is 17.3. The van der Waals surface area contributed by atoms with E-state index in [1.165, 1.54) is 7.11 Å². The molecule has 7 nitrogen and oxygen atoms in total. The number of hydrogen-bond acceptors (Lipinski definition) is 6. The van der Waals surface area contributed by atoms with E-state index in [1.54, 1.807) is 0 Å². The van der Waals surface area contributed by atoms with E-state index in [-0.39, 0.29) is 6.61 Å². The molecule has 1 atom stereocenters. The van der Waals surface area contributed by atoms with Gasteiger partial charge in [-0.3, -0.25) is 0 Å². The van der Waals surface area contributed by atoms with Gasteiger partial charge in [0, 0.05) is 12.2 Å². The molecule has 0 radical (unpaired) electrons. The summed E-state index contributed by atoms with van der Waals surface area (Å²) in [5.74, 6) is -1.44. The monoisotopic (exact) mass is 341 g/mol. The summed E-state index contributed by atoms with van der Waals surface area (Å²) < 4.78 is 34.5. The van der Waals surface area contributed by atoms with Gasteiger partial charge in [0.2, 0.25) is 10.0 Å². The lowest BCUT2D eigenvalue weighted by Crippen LogP contribution is -2.39. The third kappa shape index (κ3) is 8.74. The molecule has 0 spiro atoms. The van der Waals surface area contributed by atoms with Crippen molar-refractivity contribution < 1.29 is 27.5 Å². The van der Waals surface area contributed by atoms with Crippen molar-refractivity contribution in [3.63, 3.8) is 0 Å². The molecule has 0 amide bonds. The summed E-state index contributed by atoms with van der Waals surface area (Å²) in [5.41, 5.74) is 0.898. The highest BCUT2D eigenvalue weighted by Gasteiger charge is 2.16. The first kappa shape index (κ1) is 18.9. The number of methoxy groups -OCH3 is 1. The summed E-state index contributed by atoms with van der Waals surface area (Å²) in [6, 6.07) is 8.59. The van der Waals surface area contributed by atoms with Crippen LogP contribution in [0.4, 0.5) is 0 Å². The first-order valence-corrected chi connectivity index (χ1v) is 8.63. The second-order valence-corrected chi connectivity index (χ2v) is 6.54. The Labute approximate surface area is 135 Å². The van der Waals surface area contributed by atoms with E-state index >= 15 is 0 Å². The number of nitrogens with one attached hydrogen (secondary N) is 1. The topological polar surface area (TPSA) is 98.8 Å². The Morgan fingerprint density at radius 1 is 1.17 bits per heavy atom. The number of benzene rings is 1. The summed E-state index contributed by atoms with van der Waals surface area (Å²) in [4.78, 5) is 22.4. The Morgan fingerprint density at radius 2 is 1.78 bits per heavy atom. The molecular weight excluding hydrogens is 322 g/mol. The van der Waals surface area contributed by atoms with Crippen molar-refractivity contribution in [2.45, 2.75) is 12.5 Å². The van der Waals surface area contributed by atoms with E-state index < -0.39 is 28.0 Å². The zero-order valence-electron chi connectivity index (χ0n) is 12.9. The normalized spacial score (nSPS) is 12.8. The molecule has 1 unspecified atom stereocenters. The minimum Gasteiger partial charge on any atom is -0.466 e. The van der Waals surface area contributed by atoms with Gasteiger partial charge >= 0.3 is 11.9 Å². The van der Waals surface area contributed by atoms with Gasteiger partial charge in [-0.15, -0.1) is 0 Å². The molecule has 0 aromatic heterocycles. The first-order chi connectivity index (χ1) is 10.8. The molecule has 0 saturated carbocycles. The Bertz CT molecular complexity index is 654. The van der Waals surface area contributed by atoms with Gasteiger partial charge in [0.15, 0.2) is 0 Å². The van der Waals surface area contributed by atoms with E-state index in [0.29, 0.717) is 6.42 Å². The highest BCUT2D eigenvalue weighted by molar-refractivity contribution is 7.88. The molecule has 1 N–H and O–H groups in total. The summed E-state index contributed by atoms with van der Waals surface area (Å²) in [6.45, 7) is -0.160. The Balaban J connectivity index is 2.64. The number of ether oxygens (including phenoxy) is 2. The smallest absolute Gasteiger partial charge is 0.331 e. The number of rotatable bonds is 8. The van der Waals surface area contributed by atoms with Crippen molar-refractivity contribution >= 4 is 22.0 Å². The van der Waals surface area contributed by atoms with Crippen LogP contribution in [0.2, 0.25) is 0 Å². The molecule has 0 saturated heterocycles. The van der Waals surface area contributed by atoms with Crippen LogP contribution in [0.1, 0.15) is 5.56 Å². The minimum absolute atomic E-state index is 0.160. The maximum atomic E-state index is 11.5. The maximum Gasteiger partial charge on any atom is 0.331 e. The fourth-order valence-corrected chi connectivity index (χ4v) is 2.53. The van der Waals surface area contributed by atoms with Crippen LogP contribution in [-0.2, 0) is 35.5 Å². The minimum atomic E-state index is -3.45. The summed E-state index contributed by atoms with van der Waals surface area (Å²) >= 11 is 0. The van der Waals surface area contributed by atoms with Gasteiger partial charge in [0.05, 0.1) is 19.4 Å². The van der Waals surface area contributed by atoms with Gasteiger partial charge in [0.1, 0.15) is 6.61 Å². The second-order valence-electron chi connectivity index (χ2n) is 4.76. The molecule has 23 heavy (non-hydrogen) atoms. The molecule has 0 aliphatic carbocycles. The van der Waals surface area contributed by atoms with E-state index in [4.69, 9.17) is 4.74 Å². The third-order valence-electron chi connectivity index (χ3n) is 2.69. The highest BCUT2D eigenvalue weighted by atomic mass is 32.2. The quantitative estimate of drug-likeness (QED) is 0.543. The van der Waals surface area contributed by atoms with Crippen LogP contribution in [-0.4, -0.2) is 46.4 Å². The number of carbonyl (C=O) groups is 2. The molecule has 0 fully saturated rings. The molecule has 8 heteroatoms. The van der Waals surface area contributed by atoms with Gasteiger partial charge in [-0.2, -0.15) is 0 Å². The Morgan fingerprint density at radius 3 is 2.35 bits per heavy atom. The average molecular weight is 341 g/mol. The fourth-order valence-electron chi connectivity index (χ4n) is 1.77. The summed E-state index contributed by atoms with van der Waals surface area (Å²) in [5, 5.41) is 0. The molecule has 1 aromatic carbocycles. The lowest BCUT2D eigenvalue weighted by atomic mass is 10.1. The van der Waals surface area contributed by atoms with Gasteiger partial charge in [-0.25, -0.2) is 22.7 Å². The van der Waals surface area contributed by atoms with Gasteiger partial charge < -0.3 is 9.47 Å². The predicted octanol–water partition coefficient (Wildman–Crippen LogP) is 0.419. The summed E-state index contributed by atoms with van der Waals surface area (Å²) in [7, 11) is -2.27. The summed E-state index contributed by atoms with van der Waals surface area (Å²) in [6.07, 6.45) is 3.25. The van der Waals surface area contributed by atoms with Crippen LogP contribution in [0.15, 0.2) is 42.5 Å². The van der Waals surface area contributed by atoms with Crippen LogP contribution in [0.3, 0.4) is 0 Å². The van der Waals surface area contributed by atoms with Crippen LogP contribution in [0.5, 0.6) is 0 Å².